The van der Waals surface area contributed by atoms with E-state index >= 15 is 0 Å². The van der Waals surface area contributed by atoms with Gasteiger partial charge in [0.2, 0.25) is 0 Å². The number of hydrogen-bond donors (Lipinski definition) is 1. The third kappa shape index (κ3) is 5.69. The first kappa shape index (κ1) is 15.7. The van der Waals surface area contributed by atoms with E-state index in [-0.39, 0.29) is 5.54 Å². The zero-order chi connectivity index (χ0) is 15.3. The number of pyridine rings is 2. The smallest absolute Gasteiger partial charge is 0.139 e. The summed E-state index contributed by atoms with van der Waals surface area (Å²) in [6.45, 7) is 7.52. The Labute approximate surface area is 130 Å². The monoisotopic (exact) mass is 305 g/mol. The molecule has 0 fully saturated rings. The van der Waals surface area contributed by atoms with Gasteiger partial charge in [-0.15, -0.1) is 0 Å². The van der Waals surface area contributed by atoms with E-state index in [0.29, 0.717) is 17.4 Å². The van der Waals surface area contributed by atoms with Crippen LogP contribution in [0.2, 0.25) is 5.02 Å². The molecule has 0 aliphatic heterocycles. The predicted octanol–water partition coefficient (Wildman–Crippen LogP) is 3.60. The van der Waals surface area contributed by atoms with E-state index in [1.807, 2.05) is 18.2 Å². The molecule has 0 unspecified atom stereocenters. The highest BCUT2D eigenvalue weighted by molar-refractivity contribution is 6.30. The minimum absolute atomic E-state index is 0.0701. The second-order valence-corrected chi connectivity index (χ2v) is 6.29. The first-order valence-electron chi connectivity index (χ1n) is 6.85. The van der Waals surface area contributed by atoms with Gasteiger partial charge < -0.3 is 10.1 Å². The molecule has 0 saturated carbocycles. The lowest BCUT2D eigenvalue weighted by Gasteiger charge is -2.20. The van der Waals surface area contributed by atoms with Crippen molar-refractivity contribution in [2.75, 3.05) is 0 Å². The zero-order valence-corrected chi connectivity index (χ0v) is 13.3. The first-order valence-corrected chi connectivity index (χ1v) is 7.23. The standard InChI is InChI=1S/C16H20ClN3O/c1-16(2,3)19-9-13-5-4-6-14(20-13)11-21-15-7-12(17)8-18-10-15/h4-8,10,19H,9,11H2,1-3H3. The van der Waals surface area contributed by atoms with E-state index in [1.165, 1.54) is 0 Å². The van der Waals surface area contributed by atoms with Crippen LogP contribution in [0, 0.1) is 0 Å². The van der Waals surface area contributed by atoms with Gasteiger partial charge in [0.15, 0.2) is 0 Å². The molecule has 112 valence electrons. The molecule has 2 heterocycles. The van der Waals surface area contributed by atoms with Crippen molar-refractivity contribution in [3.8, 4) is 5.75 Å². The molecule has 21 heavy (non-hydrogen) atoms. The highest BCUT2D eigenvalue weighted by Gasteiger charge is 2.09. The highest BCUT2D eigenvalue weighted by Crippen LogP contribution is 2.16. The van der Waals surface area contributed by atoms with Gasteiger partial charge >= 0.3 is 0 Å². The summed E-state index contributed by atoms with van der Waals surface area (Å²) < 4.78 is 5.64. The fourth-order valence-electron chi connectivity index (χ4n) is 1.69. The molecular weight excluding hydrogens is 286 g/mol. The van der Waals surface area contributed by atoms with E-state index in [2.05, 4.69) is 36.1 Å². The maximum absolute atomic E-state index is 5.87. The summed E-state index contributed by atoms with van der Waals surface area (Å²) in [5.74, 6) is 0.641. The second kappa shape index (κ2) is 6.87. The summed E-state index contributed by atoms with van der Waals surface area (Å²) in [7, 11) is 0. The van der Waals surface area contributed by atoms with Crippen molar-refractivity contribution < 1.29 is 4.74 Å². The van der Waals surface area contributed by atoms with E-state index in [9.17, 15) is 0 Å². The van der Waals surface area contributed by atoms with Crippen molar-refractivity contribution in [3.05, 3.63) is 53.1 Å². The van der Waals surface area contributed by atoms with Gasteiger partial charge in [-0.1, -0.05) is 17.7 Å². The lowest BCUT2D eigenvalue weighted by Crippen LogP contribution is -2.35. The Hall–Kier alpha value is -1.65. The topological polar surface area (TPSA) is 47.0 Å². The molecular formula is C16H20ClN3O. The average molecular weight is 306 g/mol. The van der Waals surface area contributed by atoms with Crippen molar-refractivity contribution in [1.29, 1.82) is 0 Å². The number of nitrogens with one attached hydrogen (secondary N) is 1. The number of hydrogen-bond acceptors (Lipinski definition) is 4. The Morgan fingerprint density at radius 3 is 2.67 bits per heavy atom. The molecule has 0 aliphatic rings. The van der Waals surface area contributed by atoms with Crippen molar-refractivity contribution in [1.82, 2.24) is 15.3 Å². The number of rotatable bonds is 5. The molecule has 0 bridgehead atoms. The van der Waals surface area contributed by atoms with Gasteiger partial charge in [-0.25, -0.2) is 0 Å². The van der Waals surface area contributed by atoms with Crippen LogP contribution in [0.1, 0.15) is 32.2 Å². The Bertz CT molecular complexity index is 596. The van der Waals surface area contributed by atoms with E-state index in [4.69, 9.17) is 16.3 Å². The van der Waals surface area contributed by atoms with Crippen LogP contribution in [-0.2, 0) is 13.2 Å². The summed E-state index contributed by atoms with van der Waals surface area (Å²) >= 11 is 5.87. The van der Waals surface area contributed by atoms with Crippen molar-refractivity contribution >= 4 is 11.6 Å². The summed E-state index contributed by atoms with van der Waals surface area (Å²) in [4.78, 5) is 8.56. The van der Waals surface area contributed by atoms with Crippen LogP contribution in [0.25, 0.3) is 0 Å². The van der Waals surface area contributed by atoms with Crippen molar-refractivity contribution in [2.24, 2.45) is 0 Å². The third-order valence-electron chi connectivity index (χ3n) is 2.73. The van der Waals surface area contributed by atoms with Gasteiger partial charge in [0, 0.05) is 24.3 Å². The molecule has 0 spiro atoms. The molecule has 2 aromatic rings. The summed E-state index contributed by atoms with van der Waals surface area (Å²) in [5, 5.41) is 3.97. The van der Waals surface area contributed by atoms with Gasteiger partial charge in [0.25, 0.3) is 0 Å². The van der Waals surface area contributed by atoms with Crippen LogP contribution >= 0.6 is 11.6 Å². The van der Waals surface area contributed by atoms with E-state index < -0.39 is 0 Å². The summed E-state index contributed by atoms with van der Waals surface area (Å²) in [6, 6.07) is 7.67. The Balaban J connectivity index is 1.95. The van der Waals surface area contributed by atoms with Gasteiger partial charge in [-0.05, 0) is 32.9 Å². The zero-order valence-electron chi connectivity index (χ0n) is 12.6. The van der Waals surface area contributed by atoms with Crippen molar-refractivity contribution in [2.45, 2.75) is 39.5 Å². The normalized spacial score (nSPS) is 11.4. The fourth-order valence-corrected chi connectivity index (χ4v) is 1.86. The van der Waals surface area contributed by atoms with E-state index in [1.54, 1.807) is 18.5 Å². The molecule has 0 radical (unpaired) electrons. The summed E-state index contributed by atoms with van der Waals surface area (Å²) in [6.07, 6.45) is 3.21. The molecule has 0 aliphatic carbocycles. The Kier molecular flexibility index (Phi) is 5.15. The lowest BCUT2D eigenvalue weighted by molar-refractivity contribution is 0.299. The van der Waals surface area contributed by atoms with Gasteiger partial charge in [-0.2, -0.15) is 0 Å². The van der Waals surface area contributed by atoms with Crippen LogP contribution in [0.15, 0.2) is 36.7 Å². The van der Waals surface area contributed by atoms with Crippen LogP contribution in [0.4, 0.5) is 0 Å². The summed E-state index contributed by atoms with van der Waals surface area (Å²) in [5.41, 5.74) is 1.94. The average Bonchev–Trinajstić information content (AvgIpc) is 2.43. The highest BCUT2D eigenvalue weighted by atomic mass is 35.5. The number of ether oxygens (including phenoxy) is 1. The minimum atomic E-state index is 0.0701. The van der Waals surface area contributed by atoms with Crippen LogP contribution in [0.3, 0.4) is 0 Å². The molecule has 0 aromatic carbocycles. The first-order chi connectivity index (χ1) is 9.92. The molecule has 0 amide bonds. The Morgan fingerprint density at radius 1 is 1.19 bits per heavy atom. The maximum atomic E-state index is 5.87. The number of aromatic nitrogens is 2. The SMILES string of the molecule is CC(C)(C)NCc1cccc(COc2cncc(Cl)c2)n1. The number of halogens is 1. The van der Waals surface area contributed by atoms with Crippen molar-refractivity contribution in [3.63, 3.8) is 0 Å². The molecule has 4 nitrogen and oxygen atoms in total. The lowest BCUT2D eigenvalue weighted by atomic mass is 10.1. The quantitative estimate of drug-likeness (QED) is 0.917. The minimum Gasteiger partial charge on any atom is -0.486 e. The van der Waals surface area contributed by atoms with Gasteiger partial charge in [-0.3, -0.25) is 9.97 Å². The molecule has 5 heteroatoms. The largest absolute Gasteiger partial charge is 0.486 e. The van der Waals surface area contributed by atoms with Crippen LogP contribution in [0.5, 0.6) is 5.75 Å². The molecule has 2 rings (SSSR count). The second-order valence-electron chi connectivity index (χ2n) is 5.85. The molecule has 0 atom stereocenters. The van der Waals surface area contributed by atoms with E-state index in [0.717, 1.165) is 17.9 Å². The third-order valence-corrected chi connectivity index (χ3v) is 2.94. The number of nitrogens with zero attached hydrogens (tertiary/aromatic N) is 2. The molecule has 0 saturated heterocycles. The van der Waals surface area contributed by atoms with Crippen LogP contribution in [-0.4, -0.2) is 15.5 Å². The predicted molar refractivity (Wildman–Crippen MR) is 84.4 cm³/mol. The molecule has 1 N–H and O–H groups in total. The Morgan fingerprint density at radius 2 is 1.95 bits per heavy atom. The van der Waals surface area contributed by atoms with Crippen LogP contribution < -0.4 is 10.1 Å². The van der Waals surface area contributed by atoms with Gasteiger partial charge in [0.1, 0.15) is 12.4 Å². The van der Waals surface area contributed by atoms with Gasteiger partial charge in [0.05, 0.1) is 22.6 Å². The molecule has 2 aromatic heterocycles. The fraction of sp³-hybridized carbons (Fsp3) is 0.375. The maximum Gasteiger partial charge on any atom is 0.139 e.